The topological polar surface area (TPSA) is 316 Å². The van der Waals surface area contributed by atoms with Crippen LogP contribution in [0, 0.1) is 0 Å². The minimum absolute atomic E-state index is 0. The second kappa shape index (κ2) is 52.0. The molecule has 0 saturated heterocycles. The Hall–Kier alpha value is 6.77. The van der Waals surface area contributed by atoms with Crippen LogP contribution in [0.2, 0.25) is 0 Å². The van der Waals surface area contributed by atoms with E-state index in [0.717, 1.165) is 0 Å². The van der Waals surface area contributed by atoms with Gasteiger partial charge in [-0.2, -0.15) is 0 Å². The molecule has 0 aliphatic rings. The molecule has 0 aliphatic heterocycles. The van der Waals surface area contributed by atoms with Crippen LogP contribution in [0.3, 0.4) is 0 Å². The minimum atomic E-state index is -4.29. The first-order chi connectivity index (χ1) is 8.66. The Morgan fingerprint density at radius 3 is 0.542 bits per heavy atom. The molecule has 0 rings (SSSR count). The maximum absolute atomic E-state index is 8.61. The molecule has 6 radical (unpaired) electrons. The third-order valence-corrected chi connectivity index (χ3v) is 0. The van der Waals surface area contributed by atoms with Crippen molar-refractivity contribution in [3.8, 4) is 0 Å². The van der Waals surface area contributed by atoms with Gasteiger partial charge in [-0.1, -0.05) is 0 Å². The Morgan fingerprint density at radius 2 is 0.542 bits per heavy atom. The molecule has 0 aromatic rings. The minimum Gasteiger partial charge on any atom is 2.00 e. The molecule has 0 heterocycles. The molecule has 0 aromatic heterocycles. The van der Waals surface area contributed by atoms with Crippen LogP contribution in [-0.4, -0.2) is 129 Å². The first-order valence-corrected chi connectivity index (χ1v) is 14.8. The van der Waals surface area contributed by atoms with Gasteiger partial charge in [0.2, 0.25) is 0 Å². The monoisotopic (exact) mass is 1330 g/mol. The van der Waals surface area contributed by atoms with E-state index in [9.17, 15) is 0 Å². The normalized spacial score (nSPS) is 5.42. The first-order valence-electron chi connectivity index (χ1n) is 3.06. The van der Waals surface area contributed by atoms with E-state index in [0.29, 0.717) is 0 Å². The number of rotatable bonds is 0. The summed E-state index contributed by atoms with van der Waals surface area (Å²) in [5.74, 6) is 0. The molecular weight excluding hydrogens is 1330 g/mol. The van der Waals surface area contributed by atoms with Gasteiger partial charge in [-0.15, -0.1) is 0 Å². The molecule has 0 saturated carbocycles. The van der Waals surface area contributed by atoms with Crippen molar-refractivity contribution in [1.29, 1.82) is 0 Å². The van der Waals surface area contributed by atoms with Crippen LogP contribution in [0.15, 0.2) is 0 Å². The van der Waals surface area contributed by atoms with E-state index in [2.05, 4.69) is 0 Å². The van der Waals surface area contributed by atoms with Crippen molar-refractivity contribution in [2.45, 2.75) is 0 Å². The predicted molar refractivity (Wildman–Crippen MR) is 26.4 cm³/mol. The van der Waals surface area contributed by atoms with E-state index >= 15 is 0 Å². The van der Waals surface area contributed by atoms with Crippen LogP contribution in [0.5, 0.6) is 0 Å². The van der Waals surface area contributed by atoms with Gasteiger partial charge in [0.25, 0.3) is 0 Å². The van der Waals surface area contributed by atoms with Gasteiger partial charge in [0.05, 0.1) is 0 Å². The number of hydrogen-bond acceptors (Lipinski definition) is 15. The van der Waals surface area contributed by atoms with Crippen molar-refractivity contribution in [3.05, 3.63) is 0 Å². The third kappa shape index (κ3) is 484. The summed E-state index contributed by atoms with van der Waals surface area (Å²) < 4.78 is 129. The van der Waals surface area contributed by atoms with Crippen LogP contribution < -0.4 is 34.9 Å². The van der Waals surface area contributed by atoms with Crippen molar-refractivity contribution >= 4 is 129 Å². The van der Waals surface area contributed by atoms with E-state index < -0.39 is 101 Å². The zero-order chi connectivity index (χ0) is 17.9. The molecule has 0 aliphatic carbocycles. The van der Waals surface area contributed by atoms with Gasteiger partial charge in [-0.3, -0.25) is 0 Å². The number of hydrogen-bond donors (Lipinski definition) is 0. The van der Waals surface area contributed by atoms with E-state index in [1.807, 2.05) is 0 Å². The van der Waals surface area contributed by atoms with Crippen LogP contribution >= 0.6 is 0 Å². The summed E-state index contributed by atoms with van der Waals surface area (Å²) >= 11 is -20.8. The summed E-state index contributed by atoms with van der Waals surface area (Å²) in [6, 6.07) is 0. The molecule has 24 heavy (non-hydrogen) atoms. The maximum Gasteiger partial charge on any atom is 2.00 e. The Balaban J connectivity index is -0.0000000161. The molecule has 126 valence electrons. The van der Waals surface area contributed by atoms with Gasteiger partial charge in [0.15, 0.2) is 0 Å². The summed E-state index contributed by atoms with van der Waals surface area (Å²) in [5.41, 5.74) is 0. The fourth-order valence-corrected chi connectivity index (χ4v) is 0. The van der Waals surface area contributed by atoms with E-state index in [1.165, 1.54) is 0 Å². The molecule has 0 bridgehead atoms. The van der Waals surface area contributed by atoms with Crippen molar-refractivity contribution < 1.29 is 152 Å². The van der Waals surface area contributed by atoms with Crippen molar-refractivity contribution in [2.24, 2.45) is 0 Å². The van der Waals surface area contributed by atoms with Crippen molar-refractivity contribution in [2.75, 3.05) is 0 Å². The van der Waals surface area contributed by atoms with Gasteiger partial charge in [-0.25, -0.2) is 0 Å². The SMILES string of the molecule is [Ba+2].[Bi+3].[Bi+3].[O]=[Ti]([O-])[O-].[O]=[Ti]([O-])[O-].[O]=[Ti]([O-])[O-].[O]=[Zr]([O-])[O-].[O]=[Zr]([O-])[O-].[Pb+2]. The Bertz CT molecular complexity index is 227. The average Bonchev–Trinajstić information content (AvgIpc) is 1.94. The van der Waals surface area contributed by atoms with E-state index in [4.69, 9.17) is 50.5 Å². The van der Waals surface area contributed by atoms with E-state index in [1.54, 1.807) is 0 Å². The second-order valence-corrected chi connectivity index (χ2v) is 6.05. The zero-order valence-electron chi connectivity index (χ0n) is 10.7. The first kappa shape index (κ1) is 57.5. The fourth-order valence-electron chi connectivity index (χ4n) is 0. The van der Waals surface area contributed by atoms with Crippen molar-refractivity contribution in [3.63, 3.8) is 0 Å². The quantitative estimate of drug-likeness (QED) is 0.204. The third-order valence-electron chi connectivity index (χ3n) is 0. The Kier molecular flexibility index (Phi) is 125. The molecule has 0 N–H and O–H groups in total. The van der Waals surface area contributed by atoms with Gasteiger partial charge in [0.1, 0.15) is 0 Å². The zero-order valence-corrected chi connectivity index (χ0v) is 35.6. The summed E-state index contributed by atoms with van der Waals surface area (Å²) in [6.45, 7) is 0. The van der Waals surface area contributed by atoms with Crippen LogP contribution in [0.4, 0.5) is 0 Å². The van der Waals surface area contributed by atoms with Gasteiger partial charge < -0.3 is 0 Å². The Morgan fingerprint density at radius 1 is 0.542 bits per heavy atom. The largest absolute Gasteiger partial charge is 2.00 e. The molecule has 0 aromatic carbocycles. The molecule has 0 atom stereocenters. The second-order valence-electron chi connectivity index (χ2n) is 1.25. The maximum atomic E-state index is 8.61. The Labute approximate surface area is 272 Å². The molecule has 0 spiro atoms. The summed E-state index contributed by atoms with van der Waals surface area (Å²) in [7, 11) is 0. The standard InChI is InChI=1S/Ba.2Bi.15O.Pb.3Ti.2Zr/q+2;2*+3;;;;;;10*-1;+2;;;;;. The molecular formula is BaBi2O15PbTi3Zr2. The molecule has 15 nitrogen and oxygen atoms in total. The summed E-state index contributed by atoms with van der Waals surface area (Å²) in [6.07, 6.45) is 0. The van der Waals surface area contributed by atoms with Gasteiger partial charge in [-0.05, 0) is 0 Å². The smallest absolute Gasteiger partial charge is 2.00 e. The van der Waals surface area contributed by atoms with Gasteiger partial charge in [0, 0.05) is 0 Å². The predicted octanol–water partition coefficient (Wildman–Crippen LogP) is -14.0. The van der Waals surface area contributed by atoms with Crippen LogP contribution in [-0.2, 0) is 117 Å². The van der Waals surface area contributed by atoms with Crippen LogP contribution in [0.1, 0.15) is 0 Å². The van der Waals surface area contributed by atoms with Gasteiger partial charge >= 0.3 is 280 Å². The van der Waals surface area contributed by atoms with Crippen LogP contribution in [0.25, 0.3) is 0 Å². The van der Waals surface area contributed by atoms with Crippen molar-refractivity contribution in [1.82, 2.24) is 0 Å². The molecule has 0 fully saturated rings. The average molecular weight is 1330 g/mol. The summed E-state index contributed by atoms with van der Waals surface area (Å²) in [5, 5.41) is 0. The molecule has 0 amide bonds. The van der Waals surface area contributed by atoms with E-state index in [-0.39, 0.29) is 129 Å². The molecule has 24 heteroatoms. The summed E-state index contributed by atoms with van der Waals surface area (Å²) in [4.78, 5) is 0. The molecule has 0 unspecified atom stereocenters. The fraction of sp³-hybridized carbons (Fsp3) is 0.